The van der Waals surface area contributed by atoms with Crippen LogP contribution in [0.3, 0.4) is 0 Å². The molecular weight excluding hydrogens is 246 g/mol. The summed E-state index contributed by atoms with van der Waals surface area (Å²) in [6, 6.07) is 0. The first-order valence-electron chi connectivity index (χ1n) is 6.45. The van der Waals surface area contributed by atoms with Gasteiger partial charge in [-0.15, -0.1) is 16.8 Å². The van der Waals surface area contributed by atoms with Crippen LogP contribution in [0, 0.1) is 5.92 Å². The maximum atomic E-state index is 11.9. The van der Waals surface area contributed by atoms with Gasteiger partial charge in [-0.3, -0.25) is 9.69 Å². The van der Waals surface area contributed by atoms with Crippen LogP contribution in [0.1, 0.15) is 44.0 Å². The zero-order valence-corrected chi connectivity index (χ0v) is 11.7. The van der Waals surface area contributed by atoms with E-state index in [0.717, 1.165) is 23.0 Å². The smallest absolute Gasteiger partial charge is 0.229 e. The number of hydrogen-bond donors (Lipinski definition) is 0. The lowest BCUT2D eigenvalue weighted by Gasteiger charge is -2.11. The number of nitrogens with zero attached hydrogens (tertiary/aromatic N) is 3. The van der Waals surface area contributed by atoms with Crippen molar-refractivity contribution in [2.24, 2.45) is 5.92 Å². The molecule has 0 aliphatic carbocycles. The highest BCUT2D eigenvalue weighted by atomic mass is 32.1. The second-order valence-corrected chi connectivity index (χ2v) is 5.63. The third kappa shape index (κ3) is 2.46. The van der Waals surface area contributed by atoms with E-state index in [9.17, 15) is 4.79 Å². The minimum atomic E-state index is 0.132. The topological polar surface area (TPSA) is 46.1 Å². The molecule has 1 aliphatic rings. The van der Waals surface area contributed by atoms with Crippen LogP contribution in [0.15, 0.2) is 12.7 Å². The Morgan fingerprint density at radius 1 is 1.50 bits per heavy atom. The number of amides is 1. The van der Waals surface area contributed by atoms with Crippen molar-refractivity contribution in [2.45, 2.75) is 39.0 Å². The molecule has 4 nitrogen and oxygen atoms in total. The van der Waals surface area contributed by atoms with Crippen LogP contribution < -0.4 is 4.90 Å². The third-order valence-electron chi connectivity index (χ3n) is 3.48. The Morgan fingerprint density at radius 3 is 2.78 bits per heavy atom. The number of carbonyl (C=O) groups excluding carboxylic acids is 1. The van der Waals surface area contributed by atoms with Crippen LogP contribution >= 0.6 is 11.3 Å². The minimum Gasteiger partial charge on any atom is -0.286 e. The molecule has 1 atom stereocenters. The second kappa shape index (κ2) is 5.61. The van der Waals surface area contributed by atoms with Crippen molar-refractivity contribution < 1.29 is 4.79 Å². The molecule has 1 amide bonds. The summed E-state index contributed by atoms with van der Waals surface area (Å²) < 4.78 is 0. The zero-order valence-electron chi connectivity index (χ0n) is 10.9. The standard InChI is InChI=1S/C13H19N3OS/c1-4-9-7-11(17)16(8-9)13-15-14-12(18-13)10(5-2)6-3/h4,9-10H,1,5-8H2,2-3H3. The summed E-state index contributed by atoms with van der Waals surface area (Å²) in [6.45, 7) is 8.76. The van der Waals surface area contributed by atoms with Gasteiger partial charge in [0.2, 0.25) is 11.0 Å². The van der Waals surface area contributed by atoms with Gasteiger partial charge in [0.05, 0.1) is 0 Å². The van der Waals surface area contributed by atoms with E-state index in [-0.39, 0.29) is 11.8 Å². The van der Waals surface area contributed by atoms with Crippen LogP contribution in [0.4, 0.5) is 5.13 Å². The van der Waals surface area contributed by atoms with Crippen LogP contribution in [0.5, 0.6) is 0 Å². The molecule has 0 saturated carbocycles. The molecule has 1 saturated heterocycles. The van der Waals surface area contributed by atoms with Crippen LogP contribution in [-0.2, 0) is 4.79 Å². The molecule has 0 radical (unpaired) electrons. The van der Waals surface area contributed by atoms with E-state index in [2.05, 4.69) is 30.6 Å². The van der Waals surface area contributed by atoms with Gasteiger partial charge in [0.25, 0.3) is 0 Å². The lowest BCUT2D eigenvalue weighted by molar-refractivity contribution is -0.117. The van der Waals surface area contributed by atoms with Crippen molar-refractivity contribution in [3.8, 4) is 0 Å². The highest BCUT2D eigenvalue weighted by molar-refractivity contribution is 7.15. The molecule has 98 valence electrons. The predicted molar refractivity (Wildman–Crippen MR) is 73.9 cm³/mol. The quantitative estimate of drug-likeness (QED) is 0.769. The van der Waals surface area contributed by atoms with Gasteiger partial charge < -0.3 is 0 Å². The van der Waals surface area contributed by atoms with Gasteiger partial charge in [0, 0.05) is 24.8 Å². The Morgan fingerprint density at radius 2 is 2.22 bits per heavy atom. The normalized spacial score (nSPS) is 19.8. The average Bonchev–Trinajstić information content (AvgIpc) is 2.97. The van der Waals surface area contributed by atoms with Gasteiger partial charge in [0.15, 0.2) is 0 Å². The lowest BCUT2D eigenvalue weighted by Crippen LogP contribution is -2.24. The maximum absolute atomic E-state index is 11.9. The Balaban J connectivity index is 2.15. The van der Waals surface area contributed by atoms with E-state index in [0.29, 0.717) is 18.9 Å². The first-order chi connectivity index (χ1) is 8.69. The molecule has 0 bridgehead atoms. The summed E-state index contributed by atoms with van der Waals surface area (Å²) in [5, 5.41) is 10.2. The van der Waals surface area contributed by atoms with Crippen LogP contribution in [0.25, 0.3) is 0 Å². The van der Waals surface area contributed by atoms with Crippen molar-refractivity contribution in [1.29, 1.82) is 0 Å². The summed E-state index contributed by atoms with van der Waals surface area (Å²) in [4.78, 5) is 13.6. The molecule has 5 heteroatoms. The molecule has 1 unspecified atom stereocenters. The van der Waals surface area contributed by atoms with Crippen LogP contribution in [-0.4, -0.2) is 22.6 Å². The van der Waals surface area contributed by atoms with E-state index < -0.39 is 0 Å². The van der Waals surface area contributed by atoms with E-state index in [1.807, 2.05) is 6.08 Å². The molecule has 1 fully saturated rings. The number of rotatable bonds is 5. The molecule has 0 spiro atoms. The molecule has 0 N–H and O–H groups in total. The molecule has 2 rings (SSSR count). The van der Waals surface area contributed by atoms with Gasteiger partial charge in [-0.25, -0.2) is 0 Å². The Labute approximate surface area is 112 Å². The number of anilines is 1. The highest BCUT2D eigenvalue weighted by Crippen LogP contribution is 2.32. The fraction of sp³-hybridized carbons (Fsp3) is 0.615. The largest absolute Gasteiger partial charge is 0.286 e. The Hall–Kier alpha value is -1.23. The molecule has 0 aromatic carbocycles. The van der Waals surface area contributed by atoms with Crippen LogP contribution in [0.2, 0.25) is 0 Å². The van der Waals surface area contributed by atoms with E-state index in [1.165, 1.54) is 0 Å². The van der Waals surface area contributed by atoms with Crippen molar-refractivity contribution in [1.82, 2.24) is 10.2 Å². The van der Waals surface area contributed by atoms with Gasteiger partial charge >= 0.3 is 0 Å². The SMILES string of the molecule is C=CC1CC(=O)N(c2nnc(C(CC)CC)s2)C1. The summed E-state index contributed by atoms with van der Waals surface area (Å²) in [5.41, 5.74) is 0. The summed E-state index contributed by atoms with van der Waals surface area (Å²) in [7, 11) is 0. The predicted octanol–water partition coefficient (Wildman–Crippen LogP) is 2.98. The zero-order chi connectivity index (χ0) is 13.1. The Kier molecular flexibility index (Phi) is 4.11. The van der Waals surface area contributed by atoms with Crippen molar-refractivity contribution in [3.05, 3.63) is 17.7 Å². The van der Waals surface area contributed by atoms with Gasteiger partial charge in [0.1, 0.15) is 5.01 Å². The monoisotopic (exact) mass is 265 g/mol. The number of aromatic nitrogens is 2. The lowest BCUT2D eigenvalue weighted by atomic mass is 10.1. The third-order valence-corrected chi connectivity index (χ3v) is 4.59. The number of carbonyl (C=O) groups is 1. The van der Waals surface area contributed by atoms with Gasteiger partial charge in [-0.2, -0.15) is 0 Å². The molecule has 18 heavy (non-hydrogen) atoms. The van der Waals surface area contributed by atoms with Crippen molar-refractivity contribution in [2.75, 3.05) is 11.4 Å². The first kappa shape index (κ1) is 13.2. The fourth-order valence-corrected chi connectivity index (χ4v) is 3.35. The van der Waals surface area contributed by atoms with Gasteiger partial charge in [-0.05, 0) is 12.8 Å². The average molecular weight is 265 g/mol. The summed E-state index contributed by atoms with van der Waals surface area (Å²) >= 11 is 1.55. The highest BCUT2D eigenvalue weighted by Gasteiger charge is 2.31. The maximum Gasteiger partial charge on any atom is 0.229 e. The molecule has 1 aromatic rings. The summed E-state index contributed by atoms with van der Waals surface area (Å²) in [5.74, 6) is 0.842. The molecule has 1 aliphatic heterocycles. The van der Waals surface area contributed by atoms with Crippen molar-refractivity contribution in [3.63, 3.8) is 0 Å². The number of hydrogen-bond acceptors (Lipinski definition) is 4. The van der Waals surface area contributed by atoms with E-state index in [4.69, 9.17) is 0 Å². The molecule has 1 aromatic heterocycles. The van der Waals surface area contributed by atoms with E-state index in [1.54, 1.807) is 16.2 Å². The summed E-state index contributed by atoms with van der Waals surface area (Å²) in [6.07, 6.45) is 4.52. The molecular formula is C13H19N3OS. The van der Waals surface area contributed by atoms with Crippen molar-refractivity contribution >= 4 is 22.4 Å². The molecule has 2 heterocycles. The van der Waals surface area contributed by atoms with Gasteiger partial charge in [-0.1, -0.05) is 31.3 Å². The first-order valence-corrected chi connectivity index (χ1v) is 7.27. The Bertz CT molecular complexity index is 439. The second-order valence-electron chi connectivity index (χ2n) is 4.64. The van der Waals surface area contributed by atoms with E-state index >= 15 is 0 Å². The fourth-order valence-electron chi connectivity index (χ4n) is 2.22. The minimum absolute atomic E-state index is 0.132.